The van der Waals surface area contributed by atoms with E-state index in [9.17, 15) is 9.59 Å². The number of carbonyl (C=O) groups excluding carboxylic acids is 1. The molecule has 2 heterocycles. The number of amides is 1. The lowest BCUT2D eigenvalue weighted by molar-refractivity contribution is -0.134. The van der Waals surface area contributed by atoms with Crippen molar-refractivity contribution < 1.29 is 19.4 Å². The minimum absolute atomic E-state index is 0.0216. The molecule has 0 spiro atoms. The summed E-state index contributed by atoms with van der Waals surface area (Å²) in [5.74, 6) is -0.576. The van der Waals surface area contributed by atoms with Crippen molar-refractivity contribution in [1.29, 1.82) is 0 Å². The molecule has 0 saturated carbocycles. The minimum atomic E-state index is -0.954. The van der Waals surface area contributed by atoms with E-state index >= 15 is 0 Å². The van der Waals surface area contributed by atoms with E-state index in [4.69, 9.17) is 9.84 Å². The highest BCUT2D eigenvalue weighted by atomic mass is 16.5. The molecule has 2 aromatic rings. The molecular weight excluding hydrogens is 334 g/mol. The van der Waals surface area contributed by atoms with Crippen LogP contribution >= 0.6 is 0 Å². The molecule has 1 atom stereocenters. The van der Waals surface area contributed by atoms with Gasteiger partial charge in [-0.2, -0.15) is 0 Å². The number of nitrogens with zero attached hydrogens (tertiary/aromatic N) is 3. The van der Waals surface area contributed by atoms with Gasteiger partial charge in [-0.25, -0.2) is 9.78 Å². The van der Waals surface area contributed by atoms with E-state index in [2.05, 4.69) is 9.97 Å². The first-order chi connectivity index (χ1) is 12.6. The minimum Gasteiger partial charge on any atom is -0.478 e. The number of hydrogen-bond acceptors (Lipinski definition) is 5. The zero-order valence-corrected chi connectivity index (χ0v) is 14.6. The smallest absolute Gasteiger partial charge is 0.335 e. The van der Waals surface area contributed by atoms with E-state index < -0.39 is 5.97 Å². The average molecular weight is 355 g/mol. The molecule has 3 rings (SSSR count). The van der Waals surface area contributed by atoms with Gasteiger partial charge in [0.1, 0.15) is 6.61 Å². The molecule has 7 nitrogen and oxygen atoms in total. The van der Waals surface area contributed by atoms with Gasteiger partial charge in [0.05, 0.1) is 23.1 Å². The summed E-state index contributed by atoms with van der Waals surface area (Å²) in [6, 6.07) is 6.58. The Morgan fingerprint density at radius 2 is 2.04 bits per heavy atom. The van der Waals surface area contributed by atoms with Crippen molar-refractivity contribution in [2.75, 3.05) is 26.8 Å². The fourth-order valence-corrected chi connectivity index (χ4v) is 3.16. The van der Waals surface area contributed by atoms with Gasteiger partial charge in [-0.1, -0.05) is 12.1 Å². The van der Waals surface area contributed by atoms with Gasteiger partial charge < -0.3 is 14.7 Å². The Hall–Kier alpha value is -2.80. The summed E-state index contributed by atoms with van der Waals surface area (Å²) in [6.07, 6.45) is 5.11. The number of carboxylic acids is 1. The van der Waals surface area contributed by atoms with Crippen LogP contribution in [0.5, 0.6) is 0 Å². The molecule has 1 aliphatic rings. The highest BCUT2D eigenvalue weighted by molar-refractivity contribution is 5.88. The summed E-state index contributed by atoms with van der Waals surface area (Å²) in [5, 5.41) is 8.98. The van der Waals surface area contributed by atoms with Crippen LogP contribution in [0.3, 0.4) is 0 Å². The van der Waals surface area contributed by atoms with Crippen LogP contribution in [-0.4, -0.2) is 58.7 Å². The maximum absolute atomic E-state index is 11.9. The summed E-state index contributed by atoms with van der Waals surface area (Å²) in [5.41, 5.74) is 2.65. The zero-order chi connectivity index (χ0) is 18.5. The van der Waals surface area contributed by atoms with Crippen LogP contribution in [-0.2, 0) is 16.0 Å². The van der Waals surface area contributed by atoms with Crippen LogP contribution in [0.4, 0.5) is 0 Å². The average Bonchev–Trinajstić information content (AvgIpc) is 3.11. The largest absolute Gasteiger partial charge is 0.478 e. The number of carbonyl (C=O) groups is 2. The number of benzene rings is 1. The van der Waals surface area contributed by atoms with Gasteiger partial charge in [0.15, 0.2) is 0 Å². The summed E-state index contributed by atoms with van der Waals surface area (Å²) in [4.78, 5) is 33.6. The lowest BCUT2D eigenvalue weighted by Crippen LogP contribution is -2.31. The summed E-state index contributed by atoms with van der Waals surface area (Å²) >= 11 is 0. The number of likely N-dealkylation sites (tertiary alicyclic amines) is 1. The van der Waals surface area contributed by atoms with Crippen molar-refractivity contribution in [3.8, 4) is 11.3 Å². The highest BCUT2D eigenvalue weighted by Gasteiger charge is 2.26. The van der Waals surface area contributed by atoms with Crippen LogP contribution < -0.4 is 0 Å². The Labute approximate surface area is 151 Å². The van der Waals surface area contributed by atoms with E-state index in [0.717, 1.165) is 30.6 Å². The van der Waals surface area contributed by atoms with Crippen molar-refractivity contribution in [2.45, 2.75) is 12.8 Å². The first-order valence-electron chi connectivity index (χ1n) is 8.48. The summed E-state index contributed by atoms with van der Waals surface area (Å²) < 4.78 is 4.91. The molecule has 26 heavy (non-hydrogen) atoms. The molecule has 0 aliphatic carbocycles. The Bertz CT molecular complexity index is 792. The maximum atomic E-state index is 11.9. The number of methoxy groups -OCH3 is 1. The standard InChI is InChI=1S/C19H21N3O4/c1-26-12-18(23)22-7-6-13(11-22)8-16-9-20-10-17(21-16)14-2-4-15(5-3-14)19(24)25/h2-5,9-10,13H,6-8,11-12H2,1H3,(H,24,25)/t13-/m1/s1. The first-order valence-corrected chi connectivity index (χ1v) is 8.48. The lowest BCUT2D eigenvalue weighted by atomic mass is 10.0. The van der Waals surface area contributed by atoms with E-state index in [0.29, 0.717) is 18.2 Å². The fourth-order valence-electron chi connectivity index (χ4n) is 3.16. The van der Waals surface area contributed by atoms with Crippen molar-refractivity contribution >= 4 is 11.9 Å². The number of aromatic carboxylic acids is 1. The van der Waals surface area contributed by atoms with Crippen LogP contribution in [0.2, 0.25) is 0 Å². The van der Waals surface area contributed by atoms with Gasteiger partial charge in [0.2, 0.25) is 5.91 Å². The maximum Gasteiger partial charge on any atom is 0.335 e. The summed E-state index contributed by atoms with van der Waals surface area (Å²) in [7, 11) is 1.52. The second-order valence-corrected chi connectivity index (χ2v) is 6.41. The quantitative estimate of drug-likeness (QED) is 0.850. The fraction of sp³-hybridized carbons (Fsp3) is 0.368. The third kappa shape index (κ3) is 4.23. The van der Waals surface area contributed by atoms with Gasteiger partial charge in [0.25, 0.3) is 0 Å². The van der Waals surface area contributed by atoms with Crippen molar-refractivity contribution in [3.63, 3.8) is 0 Å². The predicted molar refractivity (Wildman–Crippen MR) is 94.7 cm³/mol. The van der Waals surface area contributed by atoms with Gasteiger partial charge in [-0.15, -0.1) is 0 Å². The number of ether oxygens (including phenoxy) is 1. The third-order valence-corrected chi connectivity index (χ3v) is 4.52. The van der Waals surface area contributed by atoms with Gasteiger partial charge >= 0.3 is 5.97 Å². The second-order valence-electron chi connectivity index (χ2n) is 6.41. The third-order valence-electron chi connectivity index (χ3n) is 4.52. The van der Waals surface area contributed by atoms with Crippen LogP contribution in [0.15, 0.2) is 36.7 Å². The summed E-state index contributed by atoms with van der Waals surface area (Å²) in [6.45, 7) is 1.58. The molecule has 136 valence electrons. The molecule has 0 unspecified atom stereocenters. The molecule has 1 fully saturated rings. The Balaban J connectivity index is 1.66. The normalized spacial score (nSPS) is 16.7. The molecule has 1 saturated heterocycles. The van der Waals surface area contributed by atoms with Gasteiger partial charge in [-0.3, -0.25) is 9.78 Å². The van der Waals surface area contributed by atoms with Gasteiger partial charge in [-0.05, 0) is 30.9 Å². The van der Waals surface area contributed by atoms with Crippen LogP contribution in [0, 0.1) is 5.92 Å². The highest BCUT2D eigenvalue weighted by Crippen LogP contribution is 2.22. The topological polar surface area (TPSA) is 92.6 Å². The number of hydrogen-bond donors (Lipinski definition) is 1. The Morgan fingerprint density at radius 3 is 2.73 bits per heavy atom. The zero-order valence-electron chi connectivity index (χ0n) is 14.6. The van der Waals surface area contributed by atoms with E-state index in [1.165, 1.54) is 7.11 Å². The van der Waals surface area contributed by atoms with Crippen LogP contribution in [0.25, 0.3) is 11.3 Å². The van der Waals surface area contributed by atoms with E-state index in [1.807, 2.05) is 4.90 Å². The molecule has 1 amide bonds. The van der Waals surface area contributed by atoms with Crippen LogP contribution in [0.1, 0.15) is 22.5 Å². The van der Waals surface area contributed by atoms with Crippen molar-refractivity contribution in [3.05, 3.63) is 47.9 Å². The molecule has 1 aliphatic heterocycles. The Kier molecular flexibility index (Phi) is 5.58. The van der Waals surface area contributed by atoms with Gasteiger partial charge in [0, 0.05) is 32.0 Å². The van der Waals surface area contributed by atoms with E-state index in [-0.39, 0.29) is 18.1 Å². The molecule has 1 N–H and O–H groups in total. The SMILES string of the molecule is COCC(=O)N1CC[C@H](Cc2cncc(-c3ccc(C(=O)O)cc3)n2)C1. The monoisotopic (exact) mass is 355 g/mol. The van der Waals surface area contributed by atoms with Crippen molar-refractivity contribution in [2.24, 2.45) is 5.92 Å². The molecule has 7 heteroatoms. The molecule has 0 radical (unpaired) electrons. The number of rotatable bonds is 6. The first kappa shape index (κ1) is 18.0. The second kappa shape index (κ2) is 8.05. The molecule has 1 aromatic carbocycles. The lowest BCUT2D eigenvalue weighted by Gasteiger charge is -2.16. The van der Waals surface area contributed by atoms with E-state index in [1.54, 1.807) is 36.7 Å². The molecule has 0 bridgehead atoms. The molecule has 1 aromatic heterocycles. The molecular formula is C19H21N3O4. The van der Waals surface area contributed by atoms with Crippen molar-refractivity contribution in [1.82, 2.24) is 14.9 Å². The Morgan fingerprint density at radius 1 is 1.27 bits per heavy atom. The predicted octanol–water partition coefficient (Wildman–Crippen LogP) is 1.88. The number of aromatic nitrogens is 2. The number of carboxylic acid groups (broad SMARTS) is 1.